The van der Waals surface area contributed by atoms with Crippen molar-refractivity contribution in [1.82, 2.24) is 4.98 Å². The van der Waals surface area contributed by atoms with Crippen LogP contribution in [0.15, 0.2) is 88.8 Å². The number of carbonyl (C=O) groups excluding carboxylic acids is 1. The Hall–Kier alpha value is -4.48. The molecule has 0 bridgehead atoms. The molecule has 38 heavy (non-hydrogen) atoms. The van der Waals surface area contributed by atoms with E-state index in [2.05, 4.69) is 6.07 Å². The van der Waals surface area contributed by atoms with Crippen LogP contribution in [-0.4, -0.2) is 15.9 Å². The Morgan fingerprint density at radius 1 is 0.947 bits per heavy atom. The summed E-state index contributed by atoms with van der Waals surface area (Å²) in [5.41, 5.74) is 4.42. The molecule has 1 aliphatic carbocycles. The number of non-ortho nitro benzene ring substituents is 1. The topological polar surface area (TPSA) is 106 Å². The van der Waals surface area contributed by atoms with Gasteiger partial charge in [0, 0.05) is 22.7 Å². The van der Waals surface area contributed by atoms with Crippen LogP contribution in [0.1, 0.15) is 46.4 Å². The summed E-state index contributed by atoms with van der Waals surface area (Å²) in [6.07, 6.45) is 4.87. The summed E-state index contributed by atoms with van der Waals surface area (Å²) in [5, 5.41) is 21.7. The summed E-state index contributed by atoms with van der Waals surface area (Å²) in [6.45, 7) is 0. The van der Waals surface area contributed by atoms with E-state index < -0.39 is 10.9 Å². The Morgan fingerprint density at radius 3 is 2.42 bits per heavy atom. The van der Waals surface area contributed by atoms with Gasteiger partial charge in [-0.05, 0) is 66.6 Å². The zero-order valence-electron chi connectivity index (χ0n) is 20.4. The molecule has 0 aliphatic heterocycles. The number of aryl methyl sites for hydroxylation is 2. The molecule has 0 atom stereocenters. The first-order valence-corrected chi connectivity index (χ1v) is 13.1. The minimum atomic E-state index is -0.650. The Morgan fingerprint density at radius 2 is 1.68 bits per heavy atom. The van der Waals surface area contributed by atoms with Crippen molar-refractivity contribution in [3.8, 4) is 22.9 Å². The molecule has 0 N–H and O–H groups in total. The van der Waals surface area contributed by atoms with Crippen molar-refractivity contribution in [1.29, 1.82) is 5.26 Å². The van der Waals surface area contributed by atoms with Crippen molar-refractivity contribution < 1.29 is 14.5 Å². The third-order valence-corrected chi connectivity index (χ3v) is 7.47. The number of fused-ring (bicyclic) bond motifs is 1. The first-order valence-electron chi connectivity index (χ1n) is 12.3. The standard InChI is InChI=1S/C30H23N3O4S/c31-19-23-17-22-9-5-2-6-10-27(22)32-29(23)38-28-18-24(33(35)36)13-16-26(28)30(34)37-25-14-11-21(12-15-25)20-7-3-1-4-8-20/h1,3-4,7-8,11-18H,2,5-6,9-10H2. The average molecular weight is 522 g/mol. The maximum atomic E-state index is 13.2. The van der Waals surface area contributed by atoms with Gasteiger partial charge in [0.1, 0.15) is 16.8 Å². The number of ether oxygens (including phenoxy) is 1. The van der Waals surface area contributed by atoms with Gasteiger partial charge in [-0.15, -0.1) is 0 Å². The van der Waals surface area contributed by atoms with Crippen LogP contribution in [0.25, 0.3) is 11.1 Å². The van der Waals surface area contributed by atoms with Gasteiger partial charge in [0.2, 0.25) is 0 Å². The Bertz CT molecular complexity index is 1550. The van der Waals surface area contributed by atoms with Crippen LogP contribution in [-0.2, 0) is 12.8 Å². The SMILES string of the molecule is N#Cc1cc2c(nc1Sc1cc([N+](=O)[O-])ccc1C(=O)Oc1ccc(-c3ccccc3)cc1)CCCCC2. The molecule has 0 amide bonds. The van der Waals surface area contributed by atoms with E-state index in [0.717, 1.165) is 66.3 Å². The number of nitro benzene ring substituents is 1. The number of pyridine rings is 1. The Balaban J connectivity index is 1.45. The van der Waals surface area contributed by atoms with Crippen molar-refractivity contribution in [3.63, 3.8) is 0 Å². The molecule has 1 heterocycles. The van der Waals surface area contributed by atoms with Crippen molar-refractivity contribution in [2.45, 2.75) is 42.0 Å². The Labute approximate surface area is 224 Å². The van der Waals surface area contributed by atoms with E-state index in [-0.39, 0.29) is 11.3 Å². The van der Waals surface area contributed by atoms with E-state index in [4.69, 9.17) is 9.72 Å². The Kier molecular flexibility index (Phi) is 7.47. The number of nitriles is 1. The maximum absolute atomic E-state index is 13.2. The van der Waals surface area contributed by atoms with Crippen LogP contribution >= 0.6 is 11.8 Å². The fourth-order valence-corrected chi connectivity index (χ4v) is 5.46. The lowest BCUT2D eigenvalue weighted by atomic mass is 10.1. The minimum absolute atomic E-state index is 0.161. The van der Waals surface area contributed by atoms with Crippen molar-refractivity contribution in [2.24, 2.45) is 0 Å². The molecule has 0 saturated carbocycles. The van der Waals surface area contributed by atoms with Gasteiger partial charge in [-0.25, -0.2) is 9.78 Å². The summed E-state index contributed by atoms with van der Waals surface area (Å²) >= 11 is 1.08. The zero-order valence-corrected chi connectivity index (χ0v) is 21.2. The van der Waals surface area contributed by atoms with Crippen molar-refractivity contribution >= 4 is 23.4 Å². The van der Waals surface area contributed by atoms with E-state index in [1.165, 1.54) is 18.2 Å². The lowest BCUT2D eigenvalue weighted by Gasteiger charge is -2.12. The summed E-state index contributed by atoms with van der Waals surface area (Å²) in [5.74, 6) is -0.298. The van der Waals surface area contributed by atoms with Gasteiger partial charge in [-0.2, -0.15) is 5.26 Å². The summed E-state index contributed by atoms with van der Waals surface area (Å²) < 4.78 is 5.63. The molecule has 7 nitrogen and oxygen atoms in total. The number of nitrogens with zero attached hydrogens (tertiary/aromatic N) is 3. The van der Waals surface area contributed by atoms with Crippen LogP contribution in [0.2, 0.25) is 0 Å². The summed E-state index contributed by atoms with van der Waals surface area (Å²) in [6, 6.07) is 25.0. The average Bonchev–Trinajstić information content (AvgIpc) is 3.18. The molecule has 5 rings (SSSR count). The van der Waals surface area contributed by atoms with E-state index in [1.807, 2.05) is 48.5 Å². The molecule has 0 saturated heterocycles. The second kappa shape index (κ2) is 11.3. The third-order valence-electron chi connectivity index (χ3n) is 6.41. The second-order valence-corrected chi connectivity index (χ2v) is 9.97. The van der Waals surface area contributed by atoms with E-state index in [9.17, 15) is 20.2 Å². The monoisotopic (exact) mass is 521 g/mol. The van der Waals surface area contributed by atoms with Gasteiger partial charge in [0.25, 0.3) is 5.69 Å². The number of benzene rings is 3. The quantitative estimate of drug-likeness (QED) is 0.0870. The number of nitro groups is 1. The molecule has 0 fully saturated rings. The number of carbonyl (C=O) groups is 1. The lowest BCUT2D eigenvalue weighted by Crippen LogP contribution is -2.10. The fourth-order valence-electron chi connectivity index (χ4n) is 4.44. The summed E-state index contributed by atoms with van der Waals surface area (Å²) in [4.78, 5) is 29.2. The van der Waals surface area contributed by atoms with Crippen molar-refractivity contribution in [2.75, 3.05) is 0 Å². The van der Waals surface area contributed by atoms with E-state index in [0.29, 0.717) is 21.2 Å². The second-order valence-electron chi connectivity index (χ2n) is 8.94. The molecular formula is C30H23N3O4S. The molecule has 188 valence electrons. The highest BCUT2D eigenvalue weighted by Gasteiger charge is 2.22. The molecule has 4 aromatic rings. The largest absolute Gasteiger partial charge is 0.423 e. The van der Waals surface area contributed by atoms with Gasteiger partial charge < -0.3 is 4.74 Å². The maximum Gasteiger partial charge on any atom is 0.344 e. The molecular weight excluding hydrogens is 498 g/mol. The van der Waals surface area contributed by atoms with Crippen LogP contribution < -0.4 is 4.74 Å². The van der Waals surface area contributed by atoms with Gasteiger partial charge in [-0.3, -0.25) is 10.1 Å². The molecule has 1 aliphatic rings. The van der Waals surface area contributed by atoms with Crippen molar-refractivity contribution in [3.05, 3.63) is 111 Å². The number of hydrogen-bond acceptors (Lipinski definition) is 7. The molecule has 0 spiro atoms. The number of aromatic nitrogens is 1. The number of rotatable bonds is 6. The van der Waals surface area contributed by atoms with Crippen LogP contribution in [0.5, 0.6) is 5.75 Å². The highest BCUT2D eigenvalue weighted by molar-refractivity contribution is 7.99. The molecule has 3 aromatic carbocycles. The lowest BCUT2D eigenvalue weighted by molar-refractivity contribution is -0.385. The fraction of sp³-hybridized carbons (Fsp3) is 0.167. The van der Waals surface area contributed by atoms with Gasteiger partial charge in [0.15, 0.2) is 0 Å². The number of esters is 1. The highest BCUT2D eigenvalue weighted by Crippen LogP contribution is 2.36. The predicted octanol–water partition coefficient (Wildman–Crippen LogP) is 7.17. The molecule has 8 heteroatoms. The van der Waals surface area contributed by atoms with Gasteiger partial charge >= 0.3 is 5.97 Å². The molecule has 1 aromatic heterocycles. The zero-order chi connectivity index (χ0) is 26.5. The first-order chi connectivity index (χ1) is 18.5. The summed E-state index contributed by atoms with van der Waals surface area (Å²) in [7, 11) is 0. The van der Waals surface area contributed by atoms with E-state index in [1.54, 1.807) is 12.1 Å². The van der Waals surface area contributed by atoms with Gasteiger partial charge in [-0.1, -0.05) is 60.6 Å². The smallest absolute Gasteiger partial charge is 0.344 e. The first kappa shape index (κ1) is 25.2. The normalized spacial score (nSPS) is 12.6. The van der Waals surface area contributed by atoms with Crippen LogP contribution in [0, 0.1) is 21.4 Å². The third kappa shape index (κ3) is 5.58. The number of hydrogen-bond donors (Lipinski definition) is 0. The molecule has 0 unspecified atom stereocenters. The van der Waals surface area contributed by atoms with E-state index >= 15 is 0 Å². The van der Waals surface area contributed by atoms with Crippen LogP contribution in [0.4, 0.5) is 5.69 Å². The predicted molar refractivity (Wildman–Crippen MR) is 144 cm³/mol. The highest BCUT2D eigenvalue weighted by atomic mass is 32.2. The van der Waals surface area contributed by atoms with Crippen LogP contribution in [0.3, 0.4) is 0 Å². The molecule has 0 radical (unpaired) electrons. The minimum Gasteiger partial charge on any atom is -0.423 e. The van der Waals surface area contributed by atoms with Gasteiger partial charge in [0.05, 0.1) is 16.1 Å².